The highest BCUT2D eigenvalue weighted by molar-refractivity contribution is 5.83. The minimum atomic E-state index is -0.878. The number of allylic oxidation sites excluding steroid dienone is 1. The molecule has 0 radical (unpaired) electrons. The number of hydrogen-bond acceptors (Lipinski definition) is 6. The fourth-order valence-corrected chi connectivity index (χ4v) is 2.62. The lowest BCUT2D eigenvalue weighted by atomic mass is 9.94. The van der Waals surface area contributed by atoms with Gasteiger partial charge in [-0.25, -0.2) is 9.59 Å². The van der Waals surface area contributed by atoms with E-state index < -0.39 is 41.7 Å². The van der Waals surface area contributed by atoms with Gasteiger partial charge in [-0.15, -0.1) is 6.58 Å². The topological polar surface area (TPSA) is 82.1 Å². The Morgan fingerprint density at radius 2 is 1.91 bits per heavy atom. The van der Waals surface area contributed by atoms with Crippen LogP contribution in [-0.4, -0.2) is 54.3 Å². The van der Waals surface area contributed by atoms with Crippen molar-refractivity contribution in [3.63, 3.8) is 0 Å². The summed E-state index contributed by atoms with van der Waals surface area (Å²) in [6.45, 7) is 10.2. The smallest absolute Gasteiger partial charge is 0.411 e. The molecule has 0 bridgehead atoms. The van der Waals surface area contributed by atoms with Crippen molar-refractivity contribution in [1.29, 1.82) is 0 Å². The van der Waals surface area contributed by atoms with Crippen LogP contribution in [0.2, 0.25) is 0 Å². The molecule has 1 aliphatic heterocycles. The molecule has 0 aromatic carbocycles. The van der Waals surface area contributed by atoms with E-state index in [0.717, 1.165) is 0 Å². The molecule has 0 unspecified atom stereocenters. The monoisotopic (exact) mass is 327 g/mol. The molecule has 1 rings (SSSR count). The molecule has 0 saturated carbocycles. The molecule has 7 heteroatoms. The van der Waals surface area contributed by atoms with Gasteiger partial charge in [-0.2, -0.15) is 0 Å². The maximum atomic E-state index is 12.4. The Morgan fingerprint density at radius 3 is 2.35 bits per heavy atom. The highest BCUT2D eigenvalue weighted by Gasteiger charge is 2.50. The molecule has 3 atom stereocenters. The highest BCUT2D eigenvalue weighted by atomic mass is 16.6. The van der Waals surface area contributed by atoms with E-state index >= 15 is 0 Å². The van der Waals surface area contributed by atoms with Crippen LogP contribution < -0.4 is 0 Å². The van der Waals surface area contributed by atoms with Gasteiger partial charge in [0.2, 0.25) is 0 Å². The van der Waals surface area contributed by atoms with Crippen molar-refractivity contribution in [2.75, 3.05) is 13.7 Å². The molecular formula is C16H25NO6. The van der Waals surface area contributed by atoms with Crippen LogP contribution in [0.1, 0.15) is 34.1 Å². The summed E-state index contributed by atoms with van der Waals surface area (Å²) in [5, 5.41) is 0. The first kappa shape index (κ1) is 19.0. The lowest BCUT2D eigenvalue weighted by Gasteiger charge is -2.28. The Bertz CT molecular complexity index is 481. The fraction of sp³-hybridized carbons (Fsp3) is 0.688. The molecule has 0 spiro atoms. The molecule has 1 heterocycles. The number of nitrogens with zero attached hydrogens (tertiary/aromatic N) is 1. The van der Waals surface area contributed by atoms with E-state index in [-0.39, 0.29) is 6.54 Å². The summed E-state index contributed by atoms with van der Waals surface area (Å²) >= 11 is 0. The Kier molecular flexibility index (Phi) is 6.18. The molecule has 7 nitrogen and oxygen atoms in total. The first-order valence-electron chi connectivity index (χ1n) is 7.46. The van der Waals surface area contributed by atoms with Crippen LogP contribution in [0.4, 0.5) is 4.79 Å². The third kappa shape index (κ3) is 4.97. The number of hydrogen-bond donors (Lipinski definition) is 0. The zero-order valence-electron chi connectivity index (χ0n) is 14.3. The van der Waals surface area contributed by atoms with Crippen molar-refractivity contribution in [2.45, 2.75) is 51.9 Å². The second-order valence-electron chi connectivity index (χ2n) is 6.44. The van der Waals surface area contributed by atoms with E-state index in [9.17, 15) is 14.4 Å². The first-order chi connectivity index (χ1) is 10.6. The van der Waals surface area contributed by atoms with Crippen molar-refractivity contribution in [3.8, 4) is 0 Å². The molecule has 1 amide bonds. The molecule has 0 N–H and O–H groups in total. The normalized spacial score (nSPS) is 24.0. The summed E-state index contributed by atoms with van der Waals surface area (Å²) in [5.41, 5.74) is -0.703. The third-order valence-electron chi connectivity index (χ3n) is 3.42. The van der Waals surface area contributed by atoms with Gasteiger partial charge in [0, 0.05) is 12.8 Å². The zero-order valence-corrected chi connectivity index (χ0v) is 14.3. The van der Waals surface area contributed by atoms with Crippen LogP contribution in [0.3, 0.4) is 0 Å². The summed E-state index contributed by atoms with van der Waals surface area (Å²) in [4.78, 5) is 37.1. The number of amides is 1. The van der Waals surface area contributed by atoms with Crippen molar-refractivity contribution >= 4 is 18.0 Å². The minimum Gasteiger partial charge on any atom is -0.467 e. The van der Waals surface area contributed by atoms with Gasteiger partial charge in [-0.1, -0.05) is 6.08 Å². The second-order valence-corrected chi connectivity index (χ2v) is 6.44. The summed E-state index contributed by atoms with van der Waals surface area (Å²) in [6, 6.07) is -0.878. The zero-order chi connectivity index (χ0) is 17.8. The summed E-state index contributed by atoms with van der Waals surface area (Å²) in [6.07, 6.45) is 0.769. The Balaban J connectivity index is 3.10. The number of methoxy groups -OCH3 is 1. The van der Waals surface area contributed by atoms with E-state index in [2.05, 4.69) is 6.58 Å². The first-order valence-corrected chi connectivity index (χ1v) is 7.46. The van der Waals surface area contributed by atoms with Gasteiger partial charge in [0.1, 0.15) is 17.7 Å². The van der Waals surface area contributed by atoms with Gasteiger partial charge in [0.05, 0.1) is 13.7 Å². The largest absolute Gasteiger partial charge is 0.467 e. The van der Waals surface area contributed by atoms with Crippen molar-refractivity contribution in [2.24, 2.45) is 5.92 Å². The predicted molar refractivity (Wildman–Crippen MR) is 82.6 cm³/mol. The number of carbonyl (C=O) groups excluding carboxylic acids is 3. The summed E-state index contributed by atoms with van der Waals surface area (Å²) in [7, 11) is 1.25. The molecular weight excluding hydrogens is 302 g/mol. The molecule has 0 aromatic rings. The Labute approximate surface area is 136 Å². The predicted octanol–water partition coefficient (Wildman–Crippen LogP) is 1.90. The van der Waals surface area contributed by atoms with E-state index in [1.807, 2.05) is 0 Å². The van der Waals surface area contributed by atoms with Gasteiger partial charge < -0.3 is 14.2 Å². The standard InChI is InChI=1S/C16H25NO6/c1-7-8-11-12(22-10(2)18)9-17(13(11)14(19)21-6)15(20)23-16(3,4)5/h7,11-13H,1,8-9H2,2-6H3/t11-,12+,13+/m1/s1. The summed E-state index contributed by atoms with van der Waals surface area (Å²) < 4.78 is 15.4. The number of carbonyl (C=O) groups is 3. The highest BCUT2D eigenvalue weighted by Crippen LogP contribution is 2.32. The van der Waals surface area contributed by atoms with Crippen molar-refractivity contribution in [1.82, 2.24) is 4.90 Å². The molecule has 1 saturated heterocycles. The molecule has 0 aliphatic carbocycles. The number of ether oxygens (including phenoxy) is 3. The SMILES string of the molecule is C=CC[C@@H]1[C@@H](OC(C)=O)CN(C(=O)OC(C)(C)C)[C@@H]1C(=O)OC. The second kappa shape index (κ2) is 7.48. The van der Waals surface area contributed by atoms with Gasteiger partial charge in [0.15, 0.2) is 0 Å². The van der Waals surface area contributed by atoms with Crippen LogP contribution >= 0.6 is 0 Å². The van der Waals surface area contributed by atoms with E-state index in [1.165, 1.54) is 18.9 Å². The van der Waals surface area contributed by atoms with Crippen LogP contribution in [0.15, 0.2) is 12.7 Å². The third-order valence-corrected chi connectivity index (χ3v) is 3.42. The van der Waals surface area contributed by atoms with Crippen LogP contribution in [0, 0.1) is 5.92 Å². The van der Waals surface area contributed by atoms with E-state index in [0.29, 0.717) is 6.42 Å². The van der Waals surface area contributed by atoms with Crippen molar-refractivity contribution in [3.05, 3.63) is 12.7 Å². The Hall–Kier alpha value is -2.05. The number of esters is 2. The van der Waals surface area contributed by atoms with Gasteiger partial charge >= 0.3 is 18.0 Å². The Morgan fingerprint density at radius 1 is 1.30 bits per heavy atom. The average Bonchev–Trinajstić information content (AvgIpc) is 2.75. The molecule has 23 heavy (non-hydrogen) atoms. The average molecular weight is 327 g/mol. The van der Waals surface area contributed by atoms with Gasteiger partial charge in [-0.3, -0.25) is 9.69 Å². The minimum absolute atomic E-state index is 0.0762. The lowest BCUT2D eigenvalue weighted by molar-refractivity contribution is -0.151. The van der Waals surface area contributed by atoms with Crippen LogP contribution in [0.5, 0.6) is 0 Å². The summed E-state index contributed by atoms with van der Waals surface area (Å²) in [5.74, 6) is -1.47. The lowest BCUT2D eigenvalue weighted by Crippen LogP contribution is -2.46. The van der Waals surface area contributed by atoms with E-state index in [1.54, 1.807) is 26.8 Å². The molecule has 1 fully saturated rings. The fourth-order valence-electron chi connectivity index (χ4n) is 2.62. The van der Waals surface area contributed by atoms with E-state index in [4.69, 9.17) is 14.2 Å². The molecule has 0 aromatic heterocycles. The molecule has 1 aliphatic rings. The number of rotatable bonds is 4. The van der Waals surface area contributed by atoms with Gasteiger partial charge in [0.25, 0.3) is 0 Å². The van der Waals surface area contributed by atoms with Crippen LogP contribution in [0.25, 0.3) is 0 Å². The quantitative estimate of drug-likeness (QED) is 0.445. The van der Waals surface area contributed by atoms with Gasteiger partial charge in [-0.05, 0) is 27.2 Å². The van der Waals surface area contributed by atoms with Crippen LogP contribution in [-0.2, 0) is 23.8 Å². The number of likely N-dealkylation sites (tertiary alicyclic amines) is 1. The maximum Gasteiger partial charge on any atom is 0.411 e. The maximum absolute atomic E-state index is 12.4. The molecule has 130 valence electrons. The van der Waals surface area contributed by atoms with Crippen molar-refractivity contribution < 1.29 is 28.6 Å².